The van der Waals surface area contributed by atoms with E-state index in [1.807, 2.05) is 6.92 Å². The molecule has 1 fully saturated rings. The second kappa shape index (κ2) is 9.58. The summed E-state index contributed by atoms with van der Waals surface area (Å²) in [5.41, 5.74) is 1.51. The molecule has 32 heavy (non-hydrogen) atoms. The molecule has 1 saturated heterocycles. The van der Waals surface area contributed by atoms with Crippen LogP contribution in [0.3, 0.4) is 0 Å². The molecule has 0 bridgehead atoms. The Bertz CT molecular complexity index is 1120. The summed E-state index contributed by atoms with van der Waals surface area (Å²) in [4.78, 5) is 26.0. The fraction of sp³-hybridized carbons (Fsp3) is 0.364. The first-order valence-electron chi connectivity index (χ1n) is 10.1. The molecule has 0 radical (unpaired) electrons. The van der Waals surface area contributed by atoms with Crippen LogP contribution in [-0.2, 0) is 14.8 Å². The minimum atomic E-state index is -3.79. The molecule has 0 aliphatic carbocycles. The Labute approximate surface area is 188 Å². The summed E-state index contributed by atoms with van der Waals surface area (Å²) in [6.45, 7) is 4.39. The van der Waals surface area contributed by atoms with Gasteiger partial charge in [-0.15, -0.1) is 0 Å². The molecule has 0 atom stereocenters. The molecule has 2 aromatic rings. The van der Waals surface area contributed by atoms with Crippen molar-refractivity contribution in [2.24, 2.45) is 0 Å². The summed E-state index contributed by atoms with van der Waals surface area (Å²) in [7, 11) is -0.756. The molecule has 1 aliphatic heterocycles. The number of ether oxygens (including phenoxy) is 2. The summed E-state index contributed by atoms with van der Waals surface area (Å²) in [5, 5.41) is 2.80. The van der Waals surface area contributed by atoms with Crippen molar-refractivity contribution in [3.8, 4) is 11.5 Å². The molecule has 1 heterocycles. The van der Waals surface area contributed by atoms with E-state index in [1.54, 1.807) is 23.1 Å². The lowest BCUT2D eigenvalue weighted by atomic mass is 10.1. The van der Waals surface area contributed by atoms with Crippen LogP contribution in [0, 0.1) is 6.92 Å². The van der Waals surface area contributed by atoms with Crippen molar-refractivity contribution in [3.63, 3.8) is 0 Å². The molecule has 2 amide bonds. The van der Waals surface area contributed by atoms with Gasteiger partial charge in [-0.25, -0.2) is 8.42 Å². The van der Waals surface area contributed by atoms with E-state index in [9.17, 15) is 18.0 Å². The van der Waals surface area contributed by atoms with Crippen LogP contribution >= 0.6 is 0 Å². The van der Waals surface area contributed by atoms with Crippen LogP contribution in [0.4, 0.5) is 5.69 Å². The van der Waals surface area contributed by atoms with Gasteiger partial charge in [-0.2, -0.15) is 4.31 Å². The summed E-state index contributed by atoms with van der Waals surface area (Å²) < 4.78 is 38.0. The van der Waals surface area contributed by atoms with Gasteiger partial charge < -0.3 is 19.7 Å². The van der Waals surface area contributed by atoms with E-state index in [1.165, 1.54) is 43.6 Å². The Morgan fingerprint density at radius 1 is 0.969 bits per heavy atom. The predicted octanol–water partition coefficient (Wildman–Crippen LogP) is 2.12. The van der Waals surface area contributed by atoms with Gasteiger partial charge in [-0.05, 0) is 36.8 Å². The zero-order chi connectivity index (χ0) is 23.5. The van der Waals surface area contributed by atoms with E-state index in [4.69, 9.17) is 9.47 Å². The number of nitrogens with zero attached hydrogens (tertiary/aromatic N) is 2. The van der Waals surface area contributed by atoms with Crippen molar-refractivity contribution in [2.75, 3.05) is 45.7 Å². The SMILES string of the molecule is COc1cc(C)c(NC(=O)c2cccc(S(=O)(=O)N3CCN(C(C)=O)CC3)c2)cc1OC. The van der Waals surface area contributed by atoms with Crippen molar-refractivity contribution >= 4 is 27.5 Å². The van der Waals surface area contributed by atoms with Crippen LogP contribution in [-0.4, -0.2) is 69.8 Å². The average molecular weight is 462 g/mol. The first kappa shape index (κ1) is 23.6. The number of aryl methyl sites for hydroxylation is 1. The molecular weight excluding hydrogens is 434 g/mol. The zero-order valence-corrected chi connectivity index (χ0v) is 19.4. The number of methoxy groups -OCH3 is 2. The van der Waals surface area contributed by atoms with Gasteiger partial charge >= 0.3 is 0 Å². The van der Waals surface area contributed by atoms with E-state index in [-0.39, 0.29) is 29.5 Å². The highest BCUT2D eigenvalue weighted by molar-refractivity contribution is 7.89. The fourth-order valence-corrected chi connectivity index (χ4v) is 4.97. The van der Waals surface area contributed by atoms with E-state index < -0.39 is 15.9 Å². The number of anilines is 1. The normalized spacial score (nSPS) is 14.7. The number of rotatable bonds is 6. The largest absolute Gasteiger partial charge is 0.493 e. The Kier molecular flexibility index (Phi) is 7.05. The first-order chi connectivity index (χ1) is 15.2. The Morgan fingerprint density at radius 2 is 1.59 bits per heavy atom. The Hall–Kier alpha value is -3.11. The number of hydrogen-bond acceptors (Lipinski definition) is 6. The van der Waals surface area contributed by atoms with Gasteiger partial charge in [0.05, 0.1) is 19.1 Å². The van der Waals surface area contributed by atoms with Crippen LogP contribution in [0.1, 0.15) is 22.8 Å². The molecule has 9 nitrogen and oxygen atoms in total. The third-order valence-corrected chi connectivity index (χ3v) is 7.29. The monoisotopic (exact) mass is 461 g/mol. The van der Waals surface area contributed by atoms with Crippen LogP contribution in [0.15, 0.2) is 41.3 Å². The lowest BCUT2D eigenvalue weighted by molar-refractivity contribution is -0.129. The molecular formula is C22H27N3O6S. The number of sulfonamides is 1. The predicted molar refractivity (Wildman–Crippen MR) is 120 cm³/mol. The Morgan fingerprint density at radius 3 is 2.19 bits per heavy atom. The number of nitrogens with one attached hydrogen (secondary N) is 1. The quantitative estimate of drug-likeness (QED) is 0.707. The molecule has 10 heteroatoms. The van der Waals surface area contributed by atoms with Crippen molar-refractivity contribution in [1.29, 1.82) is 0 Å². The molecule has 3 rings (SSSR count). The van der Waals surface area contributed by atoms with Crippen molar-refractivity contribution < 1.29 is 27.5 Å². The van der Waals surface area contributed by atoms with Gasteiger partial charge in [0.25, 0.3) is 5.91 Å². The molecule has 0 saturated carbocycles. The number of amides is 2. The van der Waals surface area contributed by atoms with E-state index in [0.29, 0.717) is 30.3 Å². The van der Waals surface area contributed by atoms with Crippen LogP contribution < -0.4 is 14.8 Å². The summed E-state index contributed by atoms with van der Waals surface area (Å²) in [6, 6.07) is 9.31. The highest BCUT2D eigenvalue weighted by atomic mass is 32.2. The highest BCUT2D eigenvalue weighted by Crippen LogP contribution is 2.33. The van der Waals surface area contributed by atoms with E-state index in [2.05, 4.69) is 5.32 Å². The van der Waals surface area contributed by atoms with Crippen LogP contribution in [0.25, 0.3) is 0 Å². The molecule has 172 valence electrons. The lowest BCUT2D eigenvalue weighted by Crippen LogP contribution is -2.49. The smallest absolute Gasteiger partial charge is 0.255 e. The van der Waals surface area contributed by atoms with Gasteiger partial charge in [0.1, 0.15) is 0 Å². The van der Waals surface area contributed by atoms with Gasteiger partial charge in [-0.1, -0.05) is 6.07 Å². The maximum atomic E-state index is 13.1. The maximum Gasteiger partial charge on any atom is 0.255 e. The zero-order valence-electron chi connectivity index (χ0n) is 18.5. The Balaban J connectivity index is 1.80. The van der Waals surface area contributed by atoms with Crippen LogP contribution in [0.2, 0.25) is 0 Å². The van der Waals surface area contributed by atoms with E-state index in [0.717, 1.165) is 5.56 Å². The number of carbonyl (C=O) groups excluding carboxylic acids is 2. The van der Waals surface area contributed by atoms with Gasteiger partial charge in [0.2, 0.25) is 15.9 Å². The van der Waals surface area contributed by atoms with Gasteiger partial charge in [-0.3, -0.25) is 9.59 Å². The summed E-state index contributed by atoms with van der Waals surface area (Å²) in [6.07, 6.45) is 0. The topological polar surface area (TPSA) is 105 Å². The minimum absolute atomic E-state index is 0.0328. The minimum Gasteiger partial charge on any atom is -0.493 e. The summed E-state index contributed by atoms with van der Waals surface area (Å²) >= 11 is 0. The van der Waals surface area contributed by atoms with Crippen molar-refractivity contribution in [3.05, 3.63) is 47.5 Å². The molecule has 0 spiro atoms. The molecule has 2 aromatic carbocycles. The molecule has 1 N–H and O–H groups in total. The standard InChI is InChI=1S/C22H27N3O6S/c1-15-12-20(30-3)21(31-4)14-19(15)23-22(27)17-6-5-7-18(13-17)32(28,29)25-10-8-24(9-11-25)16(2)26/h5-7,12-14H,8-11H2,1-4H3,(H,23,27). The fourth-order valence-electron chi connectivity index (χ4n) is 3.50. The van der Waals surface area contributed by atoms with Crippen LogP contribution in [0.5, 0.6) is 11.5 Å². The van der Waals surface area contributed by atoms with E-state index >= 15 is 0 Å². The van der Waals surface area contributed by atoms with Gasteiger partial charge in [0.15, 0.2) is 11.5 Å². The number of piperazine rings is 1. The third-order valence-electron chi connectivity index (χ3n) is 5.40. The van der Waals surface area contributed by atoms with Crippen molar-refractivity contribution in [2.45, 2.75) is 18.7 Å². The third kappa shape index (κ3) is 4.86. The summed E-state index contributed by atoms with van der Waals surface area (Å²) in [5.74, 6) is 0.486. The number of hydrogen-bond donors (Lipinski definition) is 1. The maximum absolute atomic E-state index is 13.1. The second-order valence-corrected chi connectivity index (χ2v) is 9.35. The average Bonchev–Trinajstić information content (AvgIpc) is 2.80. The highest BCUT2D eigenvalue weighted by Gasteiger charge is 2.29. The first-order valence-corrected chi connectivity index (χ1v) is 11.5. The van der Waals surface area contributed by atoms with Crippen molar-refractivity contribution in [1.82, 2.24) is 9.21 Å². The number of benzene rings is 2. The molecule has 0 unspecified atom stereocenters. The second-order valence-electron chi connectivity index (χ2n) is 7.41. The molecule has 0 aromatic heterocycles. The lowest BCUT2D eigenvalue weighted by Gasteiger charge is -2.33. The molecule has 1 aliphatic rings. The van der Waals surface area contributed by atoms with Gasteiger partial charge in [0, 0.05) is 50.4 Å². The number of carbonyl (C=O) groups is 2.